The second-order valence-corrected chi connectivity index (χ2v) is 5.68. The lowest BCUT2D eigenvalue weighted by Gasteiger charge is -2.14. The van der Waals surface area contributed by atoms with Crippen LogP contribution in [0.3, 0.4) is 0 Å². The molecular formula is C14H18N2O3S. The van der Waals surface area contributed by atoms with Gasteiger partial charge in [-0.3, -0.25) is 4.79 Å². The molecule has 1 aromatic rings. The van der Waals surface area contributed by atoms with Crippen LogP contribution in [-0.4, -0.2) is 41.6 Å². The SMILES string of the molecule is CSCC[C@@H](NC(=O)c1ccc2c(c1)NCC2)C(=O)O. The summed E-state index contributed by atoms with van der Waals surface area (Å²) in [7, 11) is 0. The Balaban J connectivity index is 2.04. The number of aliphatic carboxylic acids is 1. The van der Waals surface area contributed by atoms with Crippen LogP contribution in [0.5, 0.6) is 0 Å². The van der Waals surface area contributed by atoms with Crippen molar-refractivity contribution in [3.05, 3.63) is 29.3 Å². The fraction of sp³-hybridized carbons (Fsp3) is 0.429. The number of carboxylic acid groups (broad SMARTS) is 1. The molecule has 2 rings (SSSR count). The van der Waals surface area contributed by atoms with E-state index in [1.54, 1.807) is 23.9 Å². The van der Waals surface area contributed by atoms with Crippen molar-refractivity contribution in [2.75, 3.05) is 23.9 Å². The van der Waals surface area contributed by atoms with Gasteiger partial charge in [0.2, 0.25) is 0 Å². The fourth-order valence-electron chi connectivity index (χ4n) is 2.17. The second kappa shape index (κ2) is 6.65. The summed E-state index contributed by atoms with van der Waals surface area (Å²) in [6.45, 7) is 0.881. The van der Waals surface area contributed by atoms with Crippen molar-refractivity contribution in [3.63, 3.8) is 0 Å². The molecule has 1 aliphatic heterocycles. The first-order valence-electron chi connectivity index (χ1n) is 6.51. The predicted molar refractivity (Wildman–Crippen MR) is 80.5 cm³/mol. The van der Waals surface area contributed by atoms with Gasteiger partial charge in [-0.15, -0.1) is 0 Å². The van der Waals surface area contributed by atoms with Gasteiger partial charge in [0.15, 0.2) is 0 Å². The zero-order chi connectivity index (χ0) is 14.5. The number of amides is 1. The van der Waals surface area contributed by atoms with Gasteiger partial charge in [-0.2, -0.15) is 11.8 Å². The molecule has 1 aromatic carbocycles. The van der Waals surface area contributed by atoms with Gasteiger partial charge in [0.05, 0.1) is 0 Å². The maximum absolute atomic E-state index is 12.1. The fourth-order valence-corrected chi connectivity index (χ4v) is 2.64. The summed E-state index contributed by atoms with van der Waals surface area (Å²) in [5, 5.41) is 14.9. The maximum atomic E-state index is 12.1. The van der Waals surface area contributed by atoms with Crippen LogP contribution in [0.2, 0.25) is 0 Å². The molecular weight excluding hydrogens is 276 g/mol. The monoisotopic (exact) mass is 294 g/mol. The van der Waals surface area contributed by atoms with Gasteiger partial charge in [-0.1, -0.05) is 6.07 Å². The molecule has 0 unspecified atom stereocenters. The molecule has 1 amide bonds. The van der Waals surface area contributed by atoms with Crippen molar-refractivity contribution in [1.29, 1.82) is 0 Å². The first kappa shape index (κ1) is 14.7. The summed E-state index contributed by atoms with van der Waals surface area (Å²) >= 11 is 1.56. The maximum Gasteiger partial charge on any atom is 0.326 e. The molecule has 0 aliphatic carbocycles. The van der Waals surface area contributed by atoms with Crippen LogP contribution in [0, 0.1) is 0 Å². The number of carbonyl (C=O) groups excluding carboxylic acids is 1. The third kappa shape index (κ3) is 3.45. The second-order valence-electron chi connectivity index (χ2n) is 4.69. The molecule has 0 aromatic heterocycles. The lowest BCUT2D eigenvalue weighted by Crippen LogP contribution is -2.41. The van der Waals surface area contributed by atoms with Crippen molar-refractivity contribution in [3.8, 4) is 0 Å². The first-order valence-corrected chi connectivity index (χ1v) is 7.90. The molecule has 3 N–H and O–H groups in total. The van der Waals surface area contributed by atoms with Gasteiger partial charge in [0, 0.05) is 17.8 Å². The minimum atomic E-state index is -0.994. The van der Waals surface area contributed by atoms with Crippen LogP contribution >= 0.6 is 11.8 Å². The summed E-state index contributed by atoms with van der Waals surface area (Å²) in [5.74, 6) is -0.634. The largest absolute Gasteiger partial charge is 0.480 e. The molecule has 0 radical (unpaired) electrons. The smallest absolute Gasteiger partial charge is 0.326 e. The van der Waals surface area contributed by atoms with Crippen LogP contribution in [0.25, 0.3) is 0 Å². The summed E-state index contributed by atoms with van der Waals surface area (Å²) in [6.07, 6.45) is 3.29. The van der Waals surface area contributed by atoms with E-state index in [0.717, 1.165) is 18.7 Å². The summed E-state index contributed by atoms with van der Waals surface area (Å²) in [4.78, 5) is 23.2. The number of rotatable bonds is 6. The van der Waals surface area contributed by atoms with Crippen molar-refractivity contribution < 1.29 is 14.7 Å². The third-order valence-electron chi connectivity index (χ3n) is 3.30. The van der Waals surface area contributed by atoms with Crippen LogP contribution in [0.4, 0.5) is 5.69 Å². The Kier molecular flexibility index (Phi) is 4.89. The Hall–Kier alpha value is -1.69. The highest BCUT2D eigenvalue weighted by Crippen LogP contribution is 2.23. The third-order valence-corrected chi connectivity index (χ3v) is 3.94. The Morgan fingerprint density at radius 3 is 3.00 bits per heavy atom. The molecule has 108 valence electrons. The number of carboxylic acids is 1. The van der Waals surface area contributed by atoms with E-state index >= 15 is 0 Å². The minimum Gasteiger partial charge on any atom is -0.480 e. The quantitative estimate of drug-likeness (QED) is 0.742. The highest BCUT2D eigenvalue weighted by atomic mass is 32.2. The average Bonchev–Trinajstić information content (AvgIpc) is 2.90. The van der Waals surface area contributed by atoms with E-state index in [9.17, 15) is 9.59 Å². The normalized spacial score (nSPS) is 14.2. The van der Waals surface area contributed by atoms with E-state index in [2.05, 4.69) is 10.6 Å². The van der Waals surface area contributed by atoms with Crippen LogP contribution in [-0.2, 0) is 11.2 Å². The topological polar surface area (TPSA) is 78.4 Å². The number of hydrogen-bond donors (Lipinski definition) is 3. The highest BCUT2D eigenvalue weighted by Gasteiger charge is 2.21. The molecule has 0 saturated heterocycles. The van der Waals surface area contributed by atoms with Gasteiger partial charge in [-0.25, -0.2) is 4.79 Å². The molecule has 5 nitrogen and oxygen atoms in total. The van der Waals surface area contributed by atoms with Crippen LogP contribution in [0.15, 0.2) is 18.2 Å². The van der Waals surface area contributed by atoms with Crippen molar-refractivity contribution in [2.24, 2.45) is 0 Å². The average molecular weight is 294 g/mol. The van der Waals surface area contributed by atoms with E-state index in [4.69, 9.17) is 5.11 Å². The van der Waals surface area contributed by atoms with E-state index in [1.807, 2.05) is 12.3 Å². The number of anilines is 1. The Labute approximate surface area is 122 Å². The number of hydrogen-bond acceptors (Lipinski definition) is 4. The van der Waals surface area contributed by atoms with Crippen LogP contribution < -0.4 is 10.6 Å². The Morgan fingerprint density at radius 1 is 1.50 bits per heavy atom. The number of benzene rings is 1. The van der Waals surface area contributed by atoms with Crippen molar-refractivity contribution >= 4 is 29.3 Å². The molecule has 0 bridgehead atoms. The zero-order valence-electron chi connectivity index (χ0n) is 11.3. The minimum absolute atomic E-state index is 0.338. The summed E-state index contributed by atoms with van der Waals surface area (Å²) in [5.41, 5.74) is 2.65. The molecule has 1 aliphatic rings. The molecule has 0 fully saturated rings. The number of thioether (sulfide) groups is 1. The van der Waals surface area contributed by atoms with E-state index in [1.165, 1.54) is 5.56 Å². The van der Waals surface area contributed by atoms with Crippen molar-refractivity contribution in [2.45, 2.75) is 18.9 Å². The lowest BCUT2D eigenvalue weighted by atomic mass is 10.1. The van der Waals surface area contributed by atoms with Crippen LogP contribution in [0.1, 0.15) is 22.3 Å². The van der Waals surface area contributed by atoms with Gasteiger partial charge in [0.25, 0.3) is 5.91 Å². The standard InChI is InChI=1S/C14H18N2O3S/c1-20-7-5-11(14(18)19)16-13(17)10-3-2-9-4-6-15-12(9)8-10/h2-3,8,11,15H,4-7H2,1H3,(H,16,17)(H,18,19)/t11-/m1/s1. The Bertz CT molecular complexity index is 519. The molecule has 1 atom stereocenters. The van der Waals surface area contributed by atoms with Crippen molar-refractivity contribution in [1.82, 2.24) is 5.32 Å². The predicted octanol–water partition coefficient (Wildman–Crippen LogP) is 1.59. The zero-order valence-corrected chi connectivity index (χ0v) is 12.1. The van der Waals surface area contributed by atoms with E-state index < -0.39 is 12.0 Å². The highest BCUT2D eigenvalue weighted by molar-refractivity contribution is 7.98. The number of carbonyl (C=O) groups is 2. The van der Waals surface area contributed by atoms with Gasteiger partial charge in [-0.05, 0) is 42.5 Å². The lowest BCUT2D eigenvalue weighted by molar-refractivity contribution is -0.139. The molecule has 20 heavy (non-hydrogen) atoms. The summed E-state index contributed by atoms with van der Waals surface area (Å²) in [6, 6.07) is 4.61. The first-order chi connectivity index (χ1) is 9.61. The molecule has 1 heterocycles. The summed E-state index contributed by atoms with van der Waals surface area (Å²) < 4.78 is 0. The van der Waals surface area contributed by atoms with E-state index in [0.29, 0.717) is 17.7 Å². The molecule has 0 saturated carbocycles. The van der Waals surface area contributed by atoms with Gasteiger partial charge < -0.3 is 15.7 Å². The Morgan fingerprint density at radius 2 is 2.30 bits per heavy atom. The van der Waals surface area contributed by atoms with E-state index in [-0.39, 0.29) is 5.91 Å². The van der Waals surface area contributed by atoms with Gasteiger partial charge in [0.1, 0.15) is 6.04 Å². The molecule has 6 heteroatoms. The van der Waals surface area contributed by atoms with Gasteiger partial charge >= 0.3 is 5.97 Å². The number of nitrogens with one attached hydrogen (secondary N) is 2. The number of fused-ring (bicyclic) bond motifs is 1. The molecule has 0 spiro atoms.